The molecule has 2 heterocycles. The summed E-state index contributed by atoms with van der Waals surface area (Å²) in [6, 6.07) is 7.45. The first-order valence-electron chi connectivity index (χ1n) is 9.31. The summed E-state index contributed by atoms with van der Waals surface area (Å²) in [5.41, 5.74) is 1.81. The maximum atomic E-state index is 12.9. The van der Waals surface area contributed by atoms with Crippen molar-refractivity contribution in [3.63, 3.8) is 0 Å². The number of imidazole rings is 1. The van der Waals surface area contributed by atoms with Gasteiger partial charge in [-0.2, -0.15) is 0 Å². The highest BCUT2D eigenvalue weighted by molar-refractivity contribution is 5.87. The topological polar surface area (TPSA) is 72.3 Å². The molecule has 28 heavy (non-hydrogen) atoms. The minimum absolute atomic E-state index is 0.144. The zero-order chi connectivity index (χ0) is 20.3. The number of amides is 2. The van der Waals surface area contributed by atoms with Crippen LogP contribution in [-0.2, 0) is 13.6 Å². The molecule has 0 saturated heterocycles. The molecule has 0 aliphatic rings. The second kappa shape index (κ2) is 8.29. The fraction of sp³-hybridized carbons (Fsp3) is 0.381. The van der Waals surface area contributed by atoms with Crippen LogP contribution in [0.2, 0.25) is 0 Å². The van der Waals surface area contributed by atoms with Gasteiger partial charge < -0.3 is 19.5 Å². The van der Waals surface area contributed by atoms with Gasteiger partial charge in [0.15, 0.2) is 0 Å². The van der Waals surface area contributed by atoms with Gasteiger partial charge in [0.05, 0.1) is 13.2 Å². The molecule has 0 unspecified atom stereocenters. The number of hydrogen-bond acceptors (Lipinski definition) is 4. The largest absolute Gasteiger partial charge is 0.494 e. The van der Waals surface area contributed by atoms with E-state index in [0.717, 1.165) is 28.0 Å². The van der Waals surface area contributed by atoms with Crippen LogP contribution in [0.5, 0.6) is 5.75 Å². The second-order valence-corrected chi connectivity index (χ2v) is 7.25. The third kappa shape index (κ3) is 3.93. The van der Waals surface area contributed by atoms with Gasteiger partial charge in [0, 0.05) is 44.6 Å². The summed E-state index contributed by atoms with van der Waals surface area (Å²) in [5, 5.41) is 4.09. The van der Waals surface area contributed by atoms with Crippen molar-refractivity contribution in [2.24, 2.45) is 13.0 Å². The Morgan fingerprint density at radius 3 is 2.68 bits per heavy atom. The third-order valence-electron chi connectivity index (χ3n) is 4.88. The number of urea groups is 1. The smallest absolute Gasteiger partial charge is 0.318 e. The Kier molecular flexibility index (Phi) is 5.82. The van der Waals surface area contributed by atoms with Gasteiger partial charge in [0.2, 0.25) is 0 Å². The van der Waals surface area contributed by atoms with Gasteiger partial charge in [-0.05, 0) is 23.6 Å². The van der Waals surface area contributed by atoms with E-state index in [1.54, 1.807) is 31.5 Å². The molecule has 0 bridgehead atoms. The molecule has 0 aliphatic carbocycles. The molecule has 148 valence electrons. The number of aromatic nitrogens is 3. The van der Waals surface area contributed by atoms with Crippen LogP contribution in [0.1, 0.15) is 31.3 Å². The predicted octanol–water partition coefficient (Wildman–Crippen LogP) is 3.52. The monoisotopic (exact) mass is 381 g/mol. The van der Waals surface area contributed by atoms with E-state index in [1.807, 2.05) is 42.1 Å². The number of aryl methyl sites for hydroxylation is 1. The molecular formula is C21H27N5O2. The fourth-order valence-electron chi connectivity index (χ4n) is 3.29. The summed E-state index contributed by atoms with van der Waals surface area (Å²) in [6.45, 7) is 4.61. The number of nitrogens with zero attached hydrogens (tertiary/aromatic N) is 4. The van der Waals surface area contributed by atoms with Gasteiger partial charge in [-0.15, -0.1) is 0 Å². The van der Waals surface area contributed by atoms with Crippen molar-refractivity contribution in [3.05, 3.63) is 54.2 Å². The Labute approximate surface area is 165 Å². The van der Waals surface area contributed by atoms with E-state index in [2.05, 4.69) is 29.1 Å². The van der Waals surface area contributed by atoms with Crippen LogP contribution < -0.4 is 10.1 Å². The van der Waals surface area contributed by atoms with Gasteiger partial charge in [-0.3, -0.25) is 4.98 Å². The molecule has 0 aliphatic heterocycles. The van der Waals surface area contributed by atoms with Crippen molar-refractivity contribution in [2.45, 2.75) is 26.4 Å². The lowest BCUT2D eigenvalue weighted by Gasteiger charge is -2.26. The summed E-state index contributed by atoms with van der Waals surface area (Å²) in [5.74, 6) is 1.78. The fourth-order valence-corrected chi connectivity index (χ4v) is 3.29. The second-order valence-electron chi connectivity index (χ2n) is 7.25. The minimum atomic E-state index is -0.163. The Balaban J connectivity index is 1.79. The molecule has 3 rings (SSSR count). The van der Waals surface area contributed by atoms with E-state index in [4.69, 9.17) is 4.74 Å². The van der Waals surface area contributed by atoms with Crippen LogP contribution in [0, 0.1) is 5.92 Å². The highest BCUT2D eigenvalue weighted by atomic mass is 16.5. The van der Waals surface area contributed by atoms with Crippen LogP contribution in [0.15, 0.2) is 42.9 Å². The van der Waals surface area contributed by atoms with Crippen molar-refractivity contribution < 1.29 is 9.53 Å². The number of rotatable bonds is 6. The molecule has 0 radical (unpaired) electrons. The molecule has 0 fully saturated rings. The number of fused-ring (bicyclic) bond motifs is 1. The Morgan fingerprint density at radius 1 is 1.25 bits per heavy atom. The van der Waals surface area contributed by atoms with Crippen molar-refractivity contribution in [1.29, 1.82) is 0 Å². The Morgan fingerprint density at radius 2 is 2.04 bits per heavy atom. The van der Waals surface area contributed by atoms with Gasteiger partial charge in [-0.1, -0.05) is 26.0 Å². The van der Waals surface area contributed by atoms with Gasteiger partial charge in [0.25, 0.3) is 0 Å². The summed E-state index contributed by atoms with van der Waals surface area (Å²) in [6.07, 6.45) is 5.37. The number of methoxy groups -OCH3 is 1. The molecule has 1 aromatic carbocycles. The molecule has 7 heteroatoms. The van der Waals surface area contributed by atoms with Crippen molar-refractivity contribution >= 4 is 16.9 Å². The highest BCUT2D eigenvalue weighted by Crippen LogP contribution is 2.27. The van der Waals surface area contributed by atoms with Crippen LogP contribution >= 0.6 is 0 Å². The van der Waals surface area contributed by atoms with Gasteiger partial charge in [-0.25, -0.2) is 9.78 Å². The van der Waals surface area contributed by atoms with E-state index >= 15 is 0 Å². The van der Waals surface area contributed by atoms with Gasteiger partial charge in [0.1, 0.15) is 17.1 Å². The summed E-state index contributed by atoms with van der Waals surface area (Å²) < 4.78 is 7.34. The highest BCUT2D eigenvalue weighted by Gasteiger charge is 2.24. The molecule has 2 aromatic heterocycles. The van der Waals surface area contributed by atoms with Crippen LogP contribution in [0.25, 0.3) is 10.9 Å². The van der Waals surface area contributed by atoms with Crippen LogP contribution in [0.3, 0.4) is 0 Å². The lowest BCUT2D eigenvalue weighted by Crippen LogP contribution is -2.41. The SMILES string of the molecule is COc1ccc(CN(C)C(=O)N[C@@H](c2nccn2C)C(C)C)c2cccnc12. The van der Waals surface area contributed by atoms with Gasteiger partial charge >= 0.3 is 6.03 Å². The number of nitrogens with one attached hydrogen (secondary N) is 1. The standard InChI is InChI=1S/C21H27N5O2/c1-14(2)18(20-23-11-12-25(20)3)24-21(27)26(4)13-15-8-9-17(28-5)19-16(15)7-6-10-22-19/h6-12,14,18H,13H2,1-5H3,(H,24,27)/t18-/m1/s1. The van der Waals surface area contributed by atoms with E-state index < -0.39 is 0 Å². The van der Waals surface area contributed by atoms with E-state index in [9.17, 15) is 4.79 Å². The van der Waals surface area contributed by atoms with E-state index in [1.165, 1.54) is 0 Å². The summed E-state index contributed by atoms with van der Waals surface area (Å²) in [7, 11) is 5.36. The number of carbonyl (C=O) groups excluding carboxylic acids is 1. The predicted molar refractivity (Wildman–Crippen MR) is 109 cm³/mol. The molecule has 7 nitrogen and oxygen atoms in total. The number of ether oxygens (including phenoxy) is 1. The molecular weight excluding hydrogens is 354 g/mol. The van der Waals surface area contributed by atoms with E-state index in [0.29, 0.717) is 6.54 Å². The molecule has 0 saturated carbocycles. The quantitative estimate of drug-likeness (QED) is 0.709. The van der Waals surface area contributed by atoms with Crippen molar-refractivity contribution in [2.75, 3.05) is 14.2 Å². The number of carbonyl (C=O) groups is 1. The minimum Gasteiger partial charge on any atom is -0.494 e. The first kappa shape index (κ1) is 19.7. The third-order valence-corrected chi connectivity index (χ3v) is 4.88. The average molecular weight is 381 g/mol. The first-order valence-corrected chi connectivity index (χ1v) is 9.31. The number of benzene rings is 1. The molecule has 1 atom stereocenters. The maximum absolute atomic E-state index is 12.9. The van der Waals surface area contributed by atoms with Crippen LogP contribution in [-0.4, -0.2) is 39.6 Å². The molecule has 3 aromatic rings. The van der Waals surface area contributed by atoms with E-state index in [-0.39, 0.29) is 18.0 Å². The zero-order valence-corrected chi connectivity index (χ0v) is 17.0. The molecule has 0 spiro atoms. The van der Waals surface area contributed by atoms with Crippen LogP contribution in [0.4, 0.5) is 4.79 Å². The molecule has 1 N–H and O–H groups in total. The molecule has 2 amide bonds. The Bertz CT molecular complexity index is 966. The lowest BCUT2D eigenvalue weighted by atomic mass is 10.0. The summed E-state index contributed by atoms with van der Waals surface area (Å²) in [4.78, 5) is 23.4. The van der Waals surface area contributed by atoms with Crippen molar-refractivity contribution in [1.82, 2.24) is 24.8 Å². The summed E-state index contributed by atoms with van der Waals surface area (Å²) >= 11 is 0. The Hall–Kier alpha value is -3.09. The average Bonchev–Trinajstić information content (AvgIpc) is 3.11. The normalized spacial score (nSPS) is 12.2. The van der Waals surface area contributed by atoms with Crippen molar-refractivity contribution in [3.8, 4) is 5.75 Å². The number of pyridine rings is 1. The maximum Gasteiger partial charge on any atom is 0.318 e. The zero-order valence-electron chi connectivity index (χ0n) is 17.0. The first-order chi connectivity index (χ1) is 13.4. The lowest BCUT2D eigenvalue weighted by molar-refractivity contribution is 0.197. The number of hydrogen-bond donors (Lipinski definition) is 1.